The number of carbonyl (C=O) groups excluding carboxylic acids is 1. The van der Waals surface area contributed by atoms with E-state index in [1.54, 1.807) is 12.1 Å². The van der Waals surface area contributed by atoms with Crippen molar-refractivity contribution in [1.82, 2.24) is 4.90 Å². The number of carboxylic acids is 1. The highest BCUT2D eigenvalue weighted by atomic mass is 16.5. The van der Waals surface area contributed by atoms with Crippen molar-refractivity contribution in [1.29, 1.82) is 0 Å². The number of rotatable bonds is 4. The summed E-state index contributed by atoms with van der Waals surface area (Å²) >= 11 is 0. The minimum atomic E-state index is -1.01. The number of carbonyl (C=O) groups is 2. The highest BCUT2D eigenvalue weighted by Gasteiger charge is 2.51. The maximum Gasteiger partial charge on any atom is 0.335 e. The van der Waals surface area contributed by atoms with Crippen LogP contribution in [0.1, 0.15) is 54.3 Å². The van der Waals surface area contributed by atoms with Crippen molar-refractivity contribution in [2.75, 3.05) is 25.0 Å². The Morgan fingerprint density at radius 1 is 1.21 bits per heavy atom. The molecule has 2 fully saturated rings. The van der Waals surface area contributed by atoms with Crippen molar-refractivity contribution >= 4 is 17.6 Å². The molecule has 5 rings (SSSR count). The number of nitrogens with one attached hydrogen (secondary N) is 1. The number of aromatic carboxylic acids is 1. The second-order valence-corrected chi connectivity index (χ2v) is 10.4. The van der Waals surface area contributed by atoms with Gasteiger partial charge in [-0.3, -0.25) is 9.69 Å². The maximum absolute atomic E-state index is 12.7. The number of benzene rings is 2. The molecule has 0 unspecified atom stereocenters. The summed E-state index contributed by atoms with van der Waals surface area (Å²) in [5, 5.41) is 12.0. The molecule has 2 N–H and O–H groups in total. The molecular formula is C27H32N2O5. The lowest BCUT2D eigenvalue weighted by Crippen LogP contribution is -2.55. The predicted molar refractivity (Wildman–Crippen MR) is 128 cm³/mol. The van der Waals surface area contributed by atoms with E-state index in [0.29, 0.717) is 11.6 Å². The van der Waals surface area contributed by atoms with Gasteiger partial charge in [0.2, 0.25) is 5.91 Å². The standard InChI is InChI=1S/C27H32N2O5/c1-16-7-8-20-23(11-16)34-27(2,3)21-13-18-14-29(10-9-22(18)33-25(20)21)15-24(30)28-19-6-4-5-17(12-19)26(31)32/h4-8,11-12,18,21-22,25H,9-10,13-15H2,1-3H3,(H,28,30)(H,31,32)/t18-,21+,22+,25-/m1/s1. The zero-order valence-electron chi connectivity index (χ0n) is 19.9. The van der Waals surface area contributed by atoms with Crippen LogP contribution < -0.4 is 10.1 Å². The summed E-state index contributed by atoms with van der Waals surface area (Å²) in [6.45, 7) is 8.25. The van der Waals surface area contributed by atoms with Gasteiger partial charge < -0.3 is 19.9 Å². The summed E-state index contributed by atoms with van der Waals surface area (Å²) in [5.41, 5.74) is 2.66. The number of hydrogen-bond donors (Lipinski definition) is 2. The number of amides is 1. The number of likely N-dealkylation sites (tertiary alicyclic amines) is 1. The Kier molecular flexibility index (Phi) is 5.86. The second-order valence-electron chi connectivity index (χ2n) is 10.4. The highest BCUT2D eigenvalue weighted by molar-refractivity contribution is 5.94. The molecule has 2 aromatic rings. The molecule has 2 aromatic carbocycles. The van der Waals surface area contributed by atoms with Crippen LogP contribution in [0.2, 0.25) is 0 Å². The predicted octanol–water partition coefficient (Wildman–Crippen LogP) is 4.27. The minimum Gasteiger partial charge on any atom is -0.487 e. The van der Waals surface area contributed by atoms with E-state index in [1.807, 2.05) is 0 Å². The van der Waals surface area contributed by atoms with E-state index >= 15 is 0 Å². The van der Waals surface area contributed by atoms with Crippen LogP contribution in [-0.2, 0) is 9.53 Å². The SMILES string of the molecule is Cc1ccc2c(c1)OC(C)(C)[C@H]1C[C@@H]3CN(CC(=O)Nc4cccc(C(=O)O)c4)CC[C@@H]3O[C@H]21. The Labute approximate surface area is 200 Å². The summed E-state index contributed by atoms with van der Waals surface area (Å²) in [7, 11) is 0. The van der Waals surface area contributed by atoms with Gasteiger partial charge in [-0.15, -0.1) is 0 Å². The number of piperidine rings is 1. The molecule has 2 saturated heterocycles. The zero-order chi connectivity index (χ0) is 24.0. The van der Waals surface area contributed by atoms with Crippen molar-refractivity contribution in [3.05, 3.63) is 59.2 Å². The molecule has 7 nitrogen and oxygen atoms in total. The Bertz CT molecular complexity index is 1110. The summed E-state index contributed by atoms with van der Waals surface area (Å²) < 4.78 is 13.2. The fourth-order valence-corrected chi connectivity index (χ4v) is 5.76. The lowest BCUT2D eigenvalue weighted by molar-refractivity contribution is -0.187. The number of ether oxygens (including phenoxy) is 2. The average Bonchev–Trinajstić information content (AvgIpc) is 2.77. The van der Waals surface area contributed by atoms with Crippen LogP contribution >= 0.6 is 0 Å². The molecule has 1 amide bonds. The first-order chi connectivity index (χ1) is 16.2. The molecular weight excluding hydrogens is 432 g/mol. The third-order valence-corrected chi connectivity index (χ3v) is 7.49. The van der Waals surface area contributed by atoms with Crippen LogP contribution in [0, 0.1) is 18.8 Å². The van der Waals surface area contributed by atoms with Crippen LogP contribution in [0.5, 0.6) is 5.75 Å². The highest BCUT2D eigenvalue weighted by Crippen LogP contribution is 2.53. The molecule has 3 aliphatic rings. The van der Waals surface area contributed by atoms with Crippen molar-refractivity contribution in [3.63, 3.8) is 0 Å². The normalized spacial score (nSPS) is 27.5. The van der Waals surface area contributed by atoms with Crippen LogP contribution in [0.15, 0.2) is 42.5 Å². The van der Waals surface area contributed by atoms with Crippen LogP contribution in [-0.4, -0.2) is 53.2 Å². The molecule has 0 saturated carbocycles. The Hall–Kier alpha value is -2.90. The van der Waals surface area contributed by atoms with E-state index in [9.17, 15) is 9.59 Å². The van der Waals surface area contributed by atoms with Crippen molar-refractivity contribution in [3.8, 4) is 5.75 Å². The van der Waals surface area contributed by atoms with Crippen LogP contribution in [0.4, 0.5) is 5.69 Å². The van der Waals surface area contributed by atoms with Gasteiger partial charge >= 0.3 is 5.97 Å². The molecule has 0 aliphatic carbocycles. The third kappa shape index (κ3) is 4.42. The van der Waals surface area contributed by atoms with Gasteiger partial charge in [0.05, 0.1) is 24.3 Å². The third-order valence-electron chi connectivity index (χ3n) is 7.49. The van der Waals surface area contributed by atoms with E-state index in [2.05, 4.69) is 49.2 Å². The van der Waals surface area contributed by atoms with Crippen molar-refractivity contribution < 1.29 is 24.2 Å². The first kappa shape index (κ1) is 22.9. The number of carboxylic acid groups (broad SMARTS) is 1. The van der Waals surface area contributed by atoms with Gasteiger partial charge in [-0.2, -0.15) is 0 Å². The Balaban J connectivity index is 1.24. The van der Waals surface area contributed by atoms with E-state index in [-0.39, 0.29) is 41.7 Å². The van der Waals surface area contributed by atoms with Crippen LogP contribution in [0.25, 0.3) is 0 Å². The second kappa shape index (κ2) is 8.71. The molecule has 4 atom stereocenters. The summed E-state index contributed by atoms with van der Waals surface area (Å²) in [4.78, 5) is 26.0. The molecule has 3 heterocycles. The minimum absolute atomic E-state index is 0.0389. The van der Waals surface area contributed by atoms with E-state index in [4.69, 9.17) is 14.6 Å². The molecule has 7 heteroatoms. The van der Waals surface area contributed by atoms with Gasteiger partial charge in [0.25, 0.3) is 0 Å². The summed E-state index contributed by atoms with van der Waals surface area (Å²) in [6.07, 6.45) is 2.10. The topological polar surface area (TPSA) is 88.1 Å². The number of fused-ring (bicyclic) bond motifs is 4. The Morgan fingerprint density at radius 3 is 2.82 bits per heavy atom. The van der Waals surface area contributed by atoms with Crippen LogP contribution in [0.3, 0.4) is 0 Å². The molecule has 0 bridgehead atoms. The van der Waals surface area contributed by atoms with E-state index in [1.165, 1.54) is 17.7 Å². The van der Waals surface area contributed by atoms with Crippen molar-refractivity contribution in [2.45, 2.75) is 51.4 Å². The number of aryl methyl sites for hydroxylation is 1. The van der Waals surface area contributed by atoms with Gasteiger partial charge in [0.1, 0.15) is 11.4 Å². The van der Waals surface area contributed by atoms with Gasteiger partial charge in [0, 0.05) is 30.3 Å². The molecule has 180 valence electrons. The smallest absolute Gasteiger partial charge is 0.335 e. The van der Waals surface area contributed by atoms with Gasteiger partial charge in [0.15, 0.2) is 0 Å². The first-order valence-corrected chi connectivity index (χ1v) is 12.0. The molecule has 0 aromatic heterocycles. The maximum atomic E-state index is 12.7. The van der Waals surface area contributed by atoms with Gasteiger partial charge in [-0.05, 0) is 69.4 Å². The quantitative estimate of drug-likeness (QED) is 0.703. The van der Waals surface area contributed by atoms with E-state index < -0.39 is 5.97 Å². The fourth-order valence-electron chi connectivity index (χ4n) is 5.76. The lowest BCUT2D eigenvalue weighted by atomic mass is 9.70. The number of anilines is 1. The largest absolute Gasteiger partial charge is 0.487 e. The molecule has 0 radical (unpaired) electrons. The Morgan fingerprint density at radius 2 is 2.03 bits per heavy atom. The average molecular weight is 465 g/mol. The number of nitrogens with zero attached hydrogens (tertiary/aromatic N) is 1. The zero-order valence-corrected chi connectivity index (χ0v) is 19.9. The van der Waals surface area contributed by atoms with E-state index in [0.717, 1.165) is 37.2 Å². The molecule has 34 heavy (non-hydrogen) atoms. The first-order valence-electron chi connectivity index (χ1n) is 12.0. The fraction of sp³-hybridized carbons (Fsp3) is 0.481. The molecule has 3 aliphatic heterocycles. The number of hydrogen-bond acceptors (Lipinski definition) is 5. The van der Waals surface area contributed by atoms with Gasteiger partial charge in [-0.25, -0.2) is 4.79 Å². The van der Waals surface area contributed by atoms with Crippen molar-refractivity contribution in [2.24, 2.45) is 11.8 Å². The van der Waals surface area contributed by atoms with Gasteiger partial charge in [-0.1, -0.05) is 18.2 Å². The summed E-state index contributed by atoms with van der Waals surface area (Å²) in [5.74, 6) is 0.373. The molecule has 0 spiro atoms. The monoisotopic (exact) mass is 464 g/mol. The summed E-state index contributed by atoms with van der Waals surface area (Å²) in [6, 6.07) is 12.7. The lowest BCUT2D eigenvalue weighted by Gasteiger charge is -2.53.